The first-order chi connectivity index (χ1) is 44.2. The molecule has 0 bridgehead atoms. The van der Waals surface area contributed by atoms with E-state index in [1.807, 2.05) is 0 Å². The van der Waals surface area contributed by atoms with Crippen LogP contribution in [0.25, 0.3) is 0 Å². The summed E-state index contributed by atoms with van der Waals surface area (Å²) in [6.07, 6.45) is 71.1. The first kappa shape index (κ1) is 88.0. The van der Waals surface area contributed by atoms with Gasteiger partial charge in [0, 0.05) is 19.3 Å². The predicted molar refractivity (Wildman–Crippen MR) is 372 cm³/mol. The molecule has 0 spiro atoms. The fraction of sp³-hybridized carbons (Fsp3) is 0.795. The molecule has 0 amide bonds. The lowest BCUT2D eigenvalue weighted by molar-refractivity contribution is -0.161. The molecule has 0 aliphatic heterocycles. The molecule has 0 radical (unpaired) electrons. The zero-order chi connectivity index (χ0) is 66.7. The number of phosphoric acid groups is 2. The number of esters is 3. The Kier molecular flexibility index (Phi) is 64.8. The zero-order valence-corrected chi connectivity index (χ0v) is 59.3. The number of unbranched alkanes of at least 4 members (excludes halogenated alkanes) is 34. The van der Waals surface area contributed by atoms with E-state index in [2.05, 4.69) is 93.7 Å². The molecule has 530 valence electrons. The molecule has 91 heavy (non-hydrogen) atoms. The highest BCUT2D eigenvalue weighted by Crippen LogP contribution is 2.45. The van der Waals surface area contributed by atoms with E-state index in [4.69, 9.17) is 32.3 Å². The minimum Gasteiger partial charge on any atom is -0.463 e. The standard InChI is InChI=1S/C73H132O16P2/c1-4-7-10-13-16-19-22-25-26-27-28-29-30-31-32-33-34-35-36-37-38-39-40-43-45-47-50-53-56-59-71(76)83-62-68(74)63-85-90(79,80)86-64-69(75)65-87-91(81,82)88-67-70(89-73(78)61-58-55-52-49-46-42-24-21-18-15-12-9-6-3)66-84-72(77)60-57-54-51-48-44-41-23-20-17-14-11-8-5-2/h11,14,16,19-20,23,25-26,28-29,31-32,68-70,74-75H,4-10,12-13,15,17-18,21-22,24,27,30,33-67H2,1-3H3,(H,79,80)(H,81,82)/b14-11-,19-16-,23-20-,26-25-,29-28-,32-31-. The van der Waals surface area contributed by atoms with Crippen LogP contribution in [0.4, 0.5) is 0 Å². The van der Waals surface area contributed by atoms with Gasteiger partial charge in [0.2, 0.25) is 0 Å². The summed E-state index contributed by atoms with van der Waals surface area (Å²) < 4.78 is 60.9. The molecular weight excluding hydrogens is 1190 g/mol. The molecule has 18 heteroatoms. The van der Waals surface area contributed by atoms with Crippen LogP contribution in [0.2, 0.25) is 0 Å². The average Bonchev–Trinajstić information content (AvgIpc) is 3.66. The summed E-state index contributed by atoms with van der Waals surface area (Å²) in [4.78, 5) is 58.3. The van der Waals surface area contributed by atoms with E-state index in [9.17, 15) is 43.5 Å². The molecule has 4 N–H and O–H groups in total. The molecule has 5 unspecified atom stereocenters. The van der Waals surface area contributed by atoms with Crippen molar-refractivity contribution in [2.45, 2.75) is 334 Å². The third kappa shape index (κ3) is 68.2. The molecule has 16 nitrogen and oxygen atoms in total. The lowest BCUT2D eigenvalue weighted by Gasteiger charge is -2.21. The van der Waals surface area contributed by atoms with Gasteiger partial charge in [0.1, 0.15) is 25.4 Å². The molecule has 0 aromatic carbocycles. The van der Waals surface area contributed by atoms with Crippen molar-refractivity contribution in [1.29, 1.82) is 0 Å². The summed E-state index contributed by atoms with van der Waals surface area (Å²) in [6, 6.07) is 0. The van der Waals surface area contributed by atoms with Crippen LogP contribution >= 0.6 is 15.6 Å². The lowest BCUT2D eigenvalue weighted by atomic mass is 10.0. The number of aliphatic hydroxyl groups excluding tert-OH is 2. The first-order valence-electron chi connectivity index (χ1n) is 36.2. The van der Waals surface area contributed by atoms with Crippen molar-refractivity contribution in [3.8, 4) is 0 Å². The second-order valence-electron chi connectivity index (χ2n) is 24.4. The normalized spacial score (nSPS) is 14.6. The maximum absolute atomic E-state index is 12.9. The Bertz CT molecular complexity index is 1950. The van der Waals surface area contributed by atoms with Crippen LogP contribution in [-0.2, 0) is 55.8 Å². The van der Waals surface area contributed by atoms with Crippen LogP contribution in [0.5, 0.6) is 0 Å². The van der Waals surface area contributed by atoms with Crippen LogP contribution in [0, 0.1) is 0 Å². The summed E-state index contributed by atoms with van der Waals surface area (Å²) in [5, 5.41) is 20.6. The number of hydrogen-bond donors (Lipinski definition) is 4. The van der Waals surface area contributed by atoms with E-state index < -0.39 is 91.5 Å². The van der Waals surface area contributed by atoms with Crippen LogP contribution < -0.4 is 0 Å². The van der Waals surface area contributed by atoms with Crippen molar-refractivity contribution < 1.29 is 75.8 Å². The number of allylic oxidation sites excluding steroid dienone is 12. The van der Waals surface area contributed by atoms with Gasteiger partial charge < -0.3 is 34.2 Å². The molecule has 5 atom stereocenters. The van der Waals surface area contributed by atoms with Crippen LogP contribution in [0.3, 0.4) is 0 Å². The minimum absolute atomic E-state index is 0.107. The number of hydrogen-bond acceptors (Lipinski definition) is 14. The first-order valence-corrected chi connectivity index (χ1v) is 39.2. The van der Waals surface area contributed by atoms with Gasteiger partial charge in [0.15, 0.2) is 6.10 Å². The Labute approximate surface area is 553 Å². The lowest BCUT2D eigenvalue weighted by Crippen LogP contribution is -2.30. The van der Waals surface area contributed by atoms with Crippen molar-refractivity contribution in [3.63, 3.8) is 0 Å². The van der Waals surface area contributed by atoms with Crippen molar-refractivity contribution in [2.24, 2.45) is 0 Å². The van der Waals surface area contributed by atoms with Gasteiger partial charge in [-0.15, -0.1) is 0 Å². The summed E-state index contributed by atoms with van der Waals surface area (Å²) in [5.74, 6) is -1.58. The summed E-state index contributed by atoms with van der Waals surface area (Å²) in [5.41, 5.74) is 0. The average molecular weight is 1330 g/mol. The molecule has 0 heterocycles. The van der Waals surface area contributed by atoms with E-state index in [1.165, 1.54) is 135 Å². The molecule has 0 fully saturated rings. The summed E-state index contributed by atoms with van der Waals surface area (Å²) in [6.45, 7) is 2.59. The fourth-order valence-corrected chi connectivity index (χ4v) is 11.4. The Morgan fingerprint density at radius 2 is 0.571 bits per heavy atom. The van der Waals surface area contributed by atoms with Gasteiger partial charge in [-0.05, 0) is 89.9 Å². The molecule has 0 saturated heterocycles. The predicted octanol–water partition coefficient (Wildman–Crippen LogP) is 20.3. The Hall–Kier alpha value is -3.01. The van der Waals surface area contributed by atoms with Gasteiger partial charge in [-0.25, -0.2) is 9.13 Å². The van der Waals surface area contributed by atoms with E-state index in [-0.39, 0.29) is 19.3 Å². The maximum Gasteiger partial charge on any atom is 0.472 e. The van der Waals surface area contributed by atoms with Gasteiger partial charge in [-0.3, -0.25) is 32.5 Å². The van der Waals surface area contributed by atoms with Crippen molar-refractivity contribution in [1.82, 2.24) is 0 Å². The quantitative estimate of drug-likeness (QED) is 0.0146. The number of aliphatic hydroxyl groups is 2. The van der Waals surface area contributed by atoms with Crippen molar-refractivity contribution >= 4 is 33.6 Å². The Morgan fingerprint density at radius 1 is 0.308 bits per heavy atom. The zero-order valence-electron chi connectivity index (χ0n) is 57.5. The third-order valence-electron chi connectivity index (χ3n) is 15.4. The number of carbonyl (C=O) groups is 3. The van der Waals surface area contributed by atoms with Crippen molar-refractivity contribution in [3.05, 3.63) is 72.9 Å². The van der Waals surface area contributed by atoms with Crippen LogP contribution in [0.15, 0.2) is 72.9 Å². The van der Waals surface area contributed by atoms with Crippen molar-refractivity contribution in [2.75, 3.05) is 39.6 Å². The van der Waals surface area contributed by atoms with Gasteiger partial charge >= 0.3 is 33.6 Å². The number of rotatable bonds is 69. The molecule has 0 aliphatic carbocycles. The van der Waals surface area contributed by atoms with Gasteiger partial charge in [0.05, 0.1) is 26.4 Å². The van der Waals surface area contributed by atoms with E-state index in [0.29, 0.717) is 19.3 Å². The fourth-order valence-electron chi connectivity index (χ4n) is 9.83. The number of carbonyl (C=O) groups excluding carboxylic acids is 3. The highest BCUT2D eigenvalue weighted by Gasteiger charge is 2.29. The van der Waals surface area contributed by atoms with E-state index in [0.717, 1.165) is 122 Å². The van der Waals surface area contributed by atoms with Crippen LogP contribution in [-0.4, -0.2) is 95.9 Å². The van der Waals surface area contributed by atoms with Crippen LogP contribution in [0.1, 0.15) is 316 Å². The second kappa shape index (κ2) is 67.0. The van der Waals surface area contributed by atoms with E-state index >= 15 is 0 Å². The topological polar surface area (TPSA) is 231 Å². The SMILES string of the molecule is CCC/C=C\C/C=C\CCCCCCCC(=O)OCC(COP(=O)(O)OCC(O)COP(=O)(O)OCC(O)COC(=O)CCCCCCCCCCCCCCC/C=C\C/C=C\C/C=C\C/C=C\CCCCC)OC(=O)CCCCCCCCCCCCCCC. The Morgan fingerprint density at radius 3 is 0.934 bits per heavy atom. The molecule has 0 rings (SSSR count). The number of phosphoric ester groups is 2. The summed E-state index contributed by atoms with van der Waals surface area (Å²) in [7, 11) is -9.76. The molecule has 0 aliphatic rings. The smallest absolute Gasteiger partial charge is 0.463 e. The maximum atomic E-state index is 12.9. The van der Waals surface area contributed by atoms with Gasteiger partial charge in [-0.1, -0.05) is 280 Å². The molecule has 0 aromatic heterocycles. The van der Waals surface area contributed by atoms with E-state index in [1.54, 1.807) is 0 Å². The van der Waals surface area contributed by atoms with Gasteiger partial charge in [0.25, 0.3) is 0 Å². The largest absolute Gasteiger partial charge is 0.472 e. The molecule has 0 aromatic rings. The second-order valence-corrected chi connectivity index (χ2v) is 27.3. The summed E-state index contributed by atoms with van der Waals surface area (Å²) >= 11 is 0. The monoisotopic (exact) mass is 1330 g/mol. The molecule has 0 saturated carbocycles. The third-order valence-corrected chi connectivity index (χ3v) is 17.3. The highest BCUT2D eigenvalue weighted by molar-refractivity contribution is 7.47. The molecular formula is C73H132O16P2. The number of ether oxygens (including phenoxy) is 3. The Balaban J connectivity index is 4.40. The van der Waals surface area contributed by atoms with Gasteiger partial charge in [-0.2, -0.15) is 0 Å². The highest BCUT2D eigenvalue weighted by atomic mass is 31.2. The minimum atomic E-state index is -4.92.